The minimum Gasteiger partial charge on any atom is -0.402 e. The van der Waals surface area contributed by atoms with Crippen molar-refractivity contribution in [2.75, 3.05) is 5.73 Å². The summed E-state index contributed by atoms with van der Waals surface area (Å²) in [7, 11) is 0. The van der Waals surface area contributed by atoms with Gasteiger partial charge in [0.05, 0.1) is 10.2 Å². The SMILES string of the molecule is Nc1c(CCl)ccc(Br)c1OC(F)(F)F. The Morgan fingerprint density at radius 3 is 2.47 bits per heavy atom. The van der Waals surface area contributed by atoms with Crippen molar-refractivity contribution >= 4 is 33.2 Å². The van der Waals surface area contributed by atoms with Crippen LogP contribution in [0, 0.1) is 0 Å². The molecule has 1 aromatic carbocycles. The fraction of sp³-hybridized carbons (Fsp3) is 0.250. The highest BCUT2D eigenvalue weighted by atomic mass is 79.9. The summed E-state index contributed by atoms with van der Waals surface area (Å²) in [5, 5.41) is 0. The van der Waals surface area contributed by atoms with Crippen LogP contribution in [-0.2, 0) is 5.88 Å². The number of alkyl halides is 4. The topological polar surface area (TPSA) is 35.2 Å². The molecule has 0 heterocycles. The quantitative estimate of drug-likeness (QED) is 0.668. The van der Waals surface area contributed by atoms with Gasteiger partial charge in [-0.25, -0.2) is 0 Å². The second kappa shape index (κ2) is 4.49. The van der Waals surface area contributed by atoms with Crippen LogP contribution < -0.4 is 10.5 Å². The average Bonchev–Trinajstić information content (AvgIpc) is 2.11. The molecule has 1 rings (SSSR count). The van der Waals surface area contributed by atoms with E-state index in [1.807, 2.05) is 0 Å². The second-order valence-corrected chi connectivity index (χ2v) is 3.75. The van der Waals surface area contributed by atoms with Gasteiger partial charge in [-0.2, -0.15) is 0 Å². The van der Waals surface area contributed by atoms with Gasteiger partial charge in [-0.05, 0) is 27.6 Å². The van der Waals surface area contributed by atoms with Gasteiger partial charge < -0.3 is 10.5 Å². The van der Waals surface area contributed by atoms with Crippen molar-refractivity contribution in [3.63, 3.8) is 0 Å². The number of nitrogen functional groups attached to an aromatic ring is 1. The Kier molecular flexibility index (Phi) is 3.72. The second-order valence-electron chi connectivity index (χ2n) is 2.63. The van der Waals surface area contributed by atoms with E-state index in [-0.39, 0.29) is 16.0 Å². The van der Waals surface area contributed by atoms with Crippen LogP contribution in [0.3, 0.4) is 0 Å². The number of halogens is 5. The van der Waals surface area contributed by atoms with Crippen molar-refractivity contribution in [3.8, 4) is 5.75 Å². The molecule has 2 nitrogen and oxygen atoms in total. The van der Waals surface area contributed by atoms with Gasteiger partial charge in [0.1, 0.15) is 0 Å². The van der Waals surface area contributed by atoms with Gasteiger partial charge in [-0.15, -0.1) is 24.8 Å². The summed E-state index contributed by atoms with van der Waals surface area (Å²) in [6.45, 7) is 0. The van der Waals surface area contributed by atoms with Crippen molar-refractivity contribution in [3.05, 3.63) is 22.2 Å². The Morgan fingerprint density at radius 2 is 2.00 bits per heavy atom. The van der Waals surface area contributed by atoms with Gasteiger partial charge in [0.25, 0.3) is 0 Å². The molecule has 0 aliphatic rings. The first-order chi connectivity index (χ1) is 6.85. The first kappa shape index (κ1) is 12.4. The number of anilines is 1. The Bertz CT molecular complexity index is 370. The van der Waals surface area contributed by atoms with Gasteiger partial charge >= 0.3 is 6.36 Å². The van der Waals surface area contributed by atoms with Crippen LogP contribution in [0.5, 0.6) is 5.75 Å². The molecule has 1 aromatic rings. The van der Waals surface area contributed by atoms with E-state index in [0.717, 1.165) is 0 Å². The molecule has 15 heavy (non-hydrogen) atoms. The number of benzene rings is 1. The van der Waals surface area contributed by atoms with Crippen molar-refractivity contribution < 1.29 is 17.9 Å². The lowest BCUT2D eigenvalue weighted by molar-refractivity contribution is -0.274. The predicted octanol–water partition coefficient (Wildman–Crippen LogP) is 3.67. The fourth-order valence-electron chi connectivity index (χ4n) is 0.950. The van der Waals surface area contributed by atoms with E-state index in [1.165, 1.54) is 12.1 Å². The number of hydrogen-bond acceptors (Lipinski definition) is 2. The first-order valence-corrected chi connectivity index (χ1v) is 5.06. The molecule has 0 atom stereocenters. The summed E-state index contributed by atoms with van der Waals surface area (Å²) in [4.78, 5) is 0. The summed E-state index contributed by atoms with van der Waals surface area (Å²) in [5.41, 5.74) is 5.74. The molecule has 7 heteroatoms. The molecule has 0 aliphatic heterocycles. The van der Waals surface area contributed by atoms with Crippen LogP contribution in [-0.4, -0.2) is 6.36 Å². The highest BCUT2D eigenvalue weighted by Gasteiger charge is 2.33. The van der Waals surface area contributed by atoms with Crippen molar-refractivity contribution in [2.45, 2.75) is 12.2 Å². The molecular weight excluding hydrogens is 298 g/mol. The van der Waals surface area contributed by atoms with Crippen LogP contribution in [0.25, 0.3) is 0 Å². The van der Waals surface area contributed by atoms with Crippen LogP contribution in [0.4, 0.5) is 18.9 Å². The molecule has 0 fully saturated rings. The van der Waals surface area contributed by atoms with Gasteiger partial charge in [-0.3, -0.25) is 0 Å². The lowest BCUT2D eigenvalue weighted by Crippen LogP contribution is -2.18. The monoisotopic (exact) mass is 303 g/mol. The number of hydrogen-bond donors (Lipinski definition) is 1. The minimum atomic E-state index is -4.78. The minimum absolute atomic E-state index is 0.0212. The zero-order valence-electron chi connectivity index (χ0n) is 7.24. The number of ether oxygens (including phenoxy) is 1. The molecule has 0 saturated heterocycles. The van der Waals surface area contributed by atoms with E-state index >= 15 is 0 Å². The standard InChI is InChI=1S/C8H6BrClF3NO/c9-5-2-1-4(3-10)6(14)7(5)15-8(11,12)13/h1-2H,3,14H2. The maximum atomic E-state index is 12.0. The first-order valence-electron chi connectivity index (χ1n) is 3.73. The molecule has 0 radical (unpaired) electrons. The van der Waals surface area contributed by atoms with Crippen LogP contribution >= 0.6 is 27.5 Å². The van der Waals surface area contributed by atoms with E-state index in [1.54, 1.807) is 0 Å². The summed E-state index contributed by atoms with van der Waals surface area (Å²) >= 11 is 8.41. The Balaban J connectivity index is 3.15. The number of rotatable bonds is 2. The molecule has 0 aromatic heterocycles. The summed E-state index contributed by atoms with van der Waals surface area (Å²) in [6, 6.07) is 2.92. The molecule has 84 valence electrons. The Hall–Kier alpha value is -0.620. The average molecular weight is 304 g/mol. The van der Waals surface area contributed by atoms with E-state index in [2.05, 4.69) is 20.7 Å². The molecular formula is C8H6BrClF3NO. The lowest BCUT2D eigenvalue weighted by atomic mass is 10.2. The molecule has 0 aliphatic carbocycles. The summed E-state index contributed by atoms with van der Waals surface area (Å²) in [5.74, 6) is -0.437. The number of nitrogens with two attached hydrogens (primary N) is 1. The molecule has 0 bridgehead atoms. The molecule has 0 amide bonds. The fourth-order valence-corrected chi connectivity index (χ4v) is 1.61. The summed E-state index contributed by atoms with van der Waals surface area (Å²) < 4.78 is 39.9. The Labute approximate surface area is 97.3 Å². The molecule has 0 spiro atoms. The van der Waals surface area contributed by atoms with E-state index in [9.17, 15) is 13.2 Å². The van der Waals surface area contributed by atoms with Gasteiger partial charge in [0, 0.05) is 5.88 Å². The van der Waals surface area contributed by atoms with Crippen LogP contribution in [0.2, 0.25) is 0 Å². The smallest absolute Gasteiger partial charge is 0.402 e. The zero-order chi connectivity index (χ0) is 11.6. The third-order valence-corrected chi connectivity index (χ3v) is 2.51. The molecule has 0 unspecified atom stereocenters. The van der Waals surface area contributed by atoms with Crippen molar-refractivity contribution in [1.82, 2.24) is 0 Å². The summed E-state index contributed by atoms with van der Waals surface area (Å²) in [6.07, 6.45) is -4.78. The van der Waals surface area contributed by atoms with Gasteiger partial charge in [0.15, 0.2) is 5.75 Å². The zero-order valence-corrected chi connectivity index (χ0v) is 9.58. The Morgan fingerprint density at radius 1 is 1.40 bits per heavy atom. The van der Waals surface area contributed by atoms with Gasteiger partial charge in [0.2, 0.25) is 0 Å². The van der Waals surface area contributed by atoms with Crippen LogP contribution in [0.15, 0.2) is 16.6 Å². The highest BCUT2D eigenvalue weighted by Crippen LogP contribution is 2.37. The van der Waals surface area contributed by atoms with Crippen molar-refractivity contribution in [2.24, 2.45) is 0 Å². The highest BCUT2D eigenvalue weighted by molar-refractivity contribution is 9.10. The van der Waals surface area contributed by atoms with E-state index in [4.69, 9.17) is 17.3 Å². The van der Waals surface area contributed by atoms with E-state index < -0.39 is 12.1 Å². The largest absolute Gasteiger partial charge is 0.573 e. The third kappa shape index (κ3) is 3.17. The molecule has 0 saturated carbocycles. The van der Waals surface area contributed by atoms with Crippen molar-refractivity contribution in [1.29, 1.82) is 0 Å². The van der Waals surface area contributed by atoms with Gasteiger partial charge in [-0.1, -0.05) is 6.07 Å². The predicted molar refractivity (Wildman–Crippen MR) is 54.8 cm³/mol. The maximum Gasteiger partial charge on any atom is 0.573 e. The third-order valence-electron chi connectivity index (χ3n) is 1.60. The molecule has 2 N–H and O–H groups in total. The lowest BCUT2D eigenvalue weighted by Gasteiger charge is -2.14. The van der Waals surface area contributed by atoms with E-state index in [0.29, 0.717) is 5.56 Å². The maximum absolute atomic E-state index is 12.0. The normalized spacial score (nSPS) is 11.5. The van der Waals surface area contributed by atoms with Crippen LogP contribution in [0.1, 0.15) is 5.56 Å².